The third-order valence-electron chi connectivity index (χ3n) is 3.39. The van der Waals surface area contributed by atoms with Gasteiger partial charge in [-0.3, -0.25) is 4.79 Å². The zero-order valence-electron chi connectivity index (χ0n) is 13.2. The van der Waals surface area contributed by atoms with Crippen LogP contribution in [0.3, 0.4) is 0 Å². The van der Waals surface area contributed by atoms with Gasteiger partial charge in [-0.05, 0) is 71.8 Å². The summed E-state index contributed by atoms with van der Waals surface area (Å²) < 4.78 is 14.5. The molecule has 0 radical (unpaired) electrons. The predicted octanol–water partition coefficient (Wildman–Crippen LogP) is 3.39. The standard InChI is InChI=1S/C17H15FN4OS/c1-11-7-12(2)9-15(8-11)22-17(19-20-21-22)24-10-16(23)13-3-5-14(18)6-4-13/h3-9H,10H2,1-2H3. The third-order valence-corrected chi connectivity index (χ3v) is 4.31. The molecule has 122 valence electrons. The molecule has 0 spiro atoms. The number of tetrazole rings is 1. The van der Waals surface area contributed by atoms with Crippen LogP contribution < -0.4 is 0 Å². The molecule has 2 aromatic carbocycles. The minimum absolute atomic E-state index is 0.102. The molecule has 0 aliphatic carbocycles. The summed E-state index contributed by atoms with van der Waals surface area (Å²) in [6.07, 6.45) is 0. The minimum Gasteiger partial charge on any atom is -0.293 e. The number of carbonyl (C=O) groups excluding carboxylic acids is 1. The first kappa shape index (κ1) is 16.3. The van der Waals surface area contributed by atoms with E-state index in [1.807, 2.05) is 26.0 Å². The van der Waals surface area contributed by atoms with Crippen LogP contribution in [0.2, 0.25) is 0 Å². The maximum Gasteiger partial charge on any atom is 0.214 e. The number of thioether (sulfide) groups is 1. The number of aryl methyl sites for hydroxylation is 2. The summed E-state index contributed by atoms with van der Waals surface area (Å²) in [7, 11) is 0. The second-order valence-electron chi connectivity index (χ2n) is 5.44. The Balaban J connectivity index is 1.76. The molecule has 1 aromatic heterocycles. The summed E-state index contributed by atoms with van der Waals surface area (Å²) in [5.74, 6) is -0.287. The van der Waals surface area contributed by atoms with Gasteiger partial charge in [0.15, 0.2) is 5.78 Å². The topological polar surface area (TPSA) is 60.7 Å². The summed E-state index contributed by atoms with van der Waals surface area (Å²) in [6.45, 7) is 4.01. The van der Waals surface area contributed by atoms with Gasteiger partial charge in [0.2, 0.25) is 5.16 Å². The molecular formula is C17H15FN4OS. The summed E-state index contributed by atoms with van der Waals surface area (Å²) >= 11 is 1.25. The van der Waals surface area contributed by atoms with E-state index in [0.29, 0.717) is 10.7 Å². The Morgan fingerprint density at radius 3 is 2.46 bits per heavy atom. The molecule has 0 unspecified atom stereocenters. The van der Waals surface area contributed by atoms with Crippen molar-refractivity contribution in [2.75, 3.05) is 5.75 Å². The first-order valence-electron chi connectivity index (χ1n) is 7.31. The van der Waals surface area contributed by atoms with Crippen molar-refractivity contribution in [3.8, 4) is 5.69 Å². The molecule has 0 amide bonds. The summed E-state index contributed by atoms with van der Waals surface area (Å²) in [5, 5.41) is 12.2. The van der Waals surface area contributed by atoms with Crippen LogP contribution in [0.15, 0.2) is 47.6 Å². The van der Waals surface area contributed by atoms with Crippen LogP contribution in [0, 0.1) is 19.7 Å². The van der Waals surface area contributed by atoms with Crippen LogP contribution in [0.1, 0.15) is 21.5 Å². The zero-order valence-corrected chi connectivity index (χ0v) is 14.0. The van der Waals surface area contributed by atoms with Gasteiger partial charge in [0, 0.05) is 5.56 Å². The van der Waals surface area contributed by atoms with Crippen LogP contribution >= 0.6 is 11.8 Å². The number of ketones is 1. The van der Waals surface area contributed by atoms with Gasteiger partial charge in [0.05, 0.1) is 11.4 Å². The quantitative estimate of drug-likeness (QED) is 0.525. The van der Waals surface area contributed by atoms with Crippen molar-refractivity contribution in [3.63, 3.8) is 0 Å². The van der Waals surface area contributed by atoms with E-state index >= 15 is 0 Å². The molecular weight excluding hydrogens is 327 g/mol. The van der Waals surface area contributed by atoms with Crippen molar-refractivity contribution in [2.45, 2.75) is 19.0 Å². The van der Waals surface area contributed by atoms with Crippen molar-refractivity contribution < 1.29 is 9.18 Å². The fraction of sp³-hybridized carbons (Fsp3) is 0.176. The van der Waals surface area contributed by atoms with E-state index in [2.05, 4.69) is 21.6 Å². The van der Waals surface area contributed by atoms with Gasteiger partial charge in [-0.15, -0.1) is 5.10 Å². The highest BCUT2D eigenvalue weighted by atomic mass is 32.2. The summed E-state index contributed by atoms with van der Waals surface area (Å²) in [5.41, 5.74) is 3.54. The average Bonchev–Trinajstić information content (AvgIpc) is 3.01. The molecule has 7 heteroatoms. The molecule has 3 rings (SSSR count). The molecule has 0 N–H and O–H groups in total. The first-order chi connectivity index (χ1) is 11.5. The number of carbonyl (C=O) groups is 1. The molecule has 0 atom stereocenters. The van der Waals surface area contributed by atoms with E-state index in [1.165, 1.54) is 36.0 Å². The number of benzene rings is 2. The average molecular weight is 342 g/mol. The molecule has 0 bridgehead atoms. The highest BCUT2D eigenvalue weighted by molar-refractivity contribution is 7.99. The third kappa shape index (κ3) is 3.68. The van der Waals surface area contributed by atoms with Crippen LogP contribution in [-0.2, 0) is 0 Å². The molecule has 3 aromatic rings. The van der Waals surface area contributed by atoms with Crippen molar-refractivity contribution in [2.24, 2.45) is 0 Å². The van der Waals surface area contributed by atoms with Crippen molar-refractivity contribution >= 4 is 17.5 Å². The molecule has 0 fully saturated rings. The monoisotopic (exact) mass is 342 g/mol. The van der Waals surface area contributed by atoms with E-state index in [-0.39, 0.29) is 17.4 Å². The maximum absolute atomic E-state index is 12.9. The number of Topliss-reactive ketones (excluding diaryl/α,β-unsaturated/α-hetero) is 1. The van der Waals surface area contributed by atoms with Crippen molar-refractivity contribution in [1.29, 1.82) is 0 Å². The van der Waals surface area contributed by atoms with Crippen LogP contribution in [0.4, 0.5) is 4.39 Å². The van der Waals surface area contributed by atoms with E-state index in [0.717, 1.165) is 16.8 Å². The lowest BCUT2D eigenvalue weighted by molar-refractivity contribution is 0.102. The molecule has 24 heavy (non-hydrogen) atoms. The Labute approximate surface area is 142 Å². The SMILES string of the molecule is Cc1cc(C)cc(-n2nnnc2SCC(=O)c2ccc(F)cc2)c1. The molecule has 1 heterocycles. The lowest BCUT2D eigenvalue weighted by Gasteiger charge is -2.06. The van der Waals surface area contributed by atoms with Gasteiger partial charge in [-0.2, -0.15) is 4.68 Å². The van der Waals surface area contributed by atoms with E-state index < -0.39 is 0 Å². The van der Waals surface area contributed by atoms with Crippen LogP contribution in [-0.4, -0.2) is 31.7 Å². The number of nitrogens with zero attached hydrogens (tertiary/aromatic N) is 4. The van der Waals surface area contributed by atoms with Gasteiger partial charge in [0.25, 0.3) is 0 Å². The molecule has 0 aliphatic rings. The normalized spacial score (nSPS) is 10.8. The van der Waals surface area contributed by atoms with E-state index in [4.69, 9.17) is 0 Å². The van der Waals surface area contributed by atoms with Crippen LogP contribution in [0.25, 0.3) is 5.69 Å². The van der Waals surface area contributed by atoms with Gasteiger partial charge in [0.1, 0.15) is 5.82 Å². The Morgan fingerprint density at radius 1 is 1.12 bits per heavy atom. The van der Waals surface area contributed by atoms with Gasteiger partial charge in [-0.1, -0.05) is 17.8 Å². The van der Waals surface area contributed by atoms with E-state index in [9.17, 15) is 9.18 Å². The second-order valence-corrected chi connectivity index (χ2v) is 6.38. The lowest BCUT2D eigenvalue weighted by atomic mass is 10.1. The Kier molecular flexibility index (Phi) is 4.71. The van der Waals surface area contributed by atoms with Gasteiger partial charge >= 0.3 is 0 Å². The number of hydrogen-bond donors (Lipinski definition) is 0. The Morgan fingerprint density at radius 2 is 1.79 bits per heavy atom. The largest absolute Gasteiger partial charge is 0.293 e. The Bertz CT molecular complexity index is 856. The fourth-order valence-electron chi connectivity index (χ4n) is 2.35. The van der Waals surface area contributed by atoms with Crippen LogP contribution in [0.5, 0.6) is 0 Å². The number of rotatable bonds is 5. The first-order valence-corrected chi connectivity index (χ1v) is 8.30. The summed E-state index contributed by atoms with van der Waals surface area (Å²) in [6, 6.07) is 11.5. The highest BCUT2D eigenvalue weighted by Gasteiger charge is 2.13. The number of hydrogen-bond acceptors (Lipinski definition) is 5. The maximum atomic E-state index is 12.9. The fourth-order valence-corrected chi connectivity index (χ4v) is 3.14. The number of halogens is 1. The van der Waals surface area contributed by atoms with Crippen molar-refractivity contribution in [3.05, 3.63) is 65.0 Å². The second kappa shape index (κ2) is 6.92. The zero-order chi connectivity index (χ0) is 17.1. The molecule has 0 saturated heterocycles. The molecule has 5 nitrogen and oxygen atoms in total. The highest BCUT2D eigenvalue weighted by Crippen LogP contribution is 2.21. The van der Waals surface area contributed by atoms with Gasteiger partial charge in [-0.25, -0.2) is 4.39 Å². The van der Waals surface area contributed by atoms with Crippen molar-refractivity contribution in [1.82, 2.24) is 20.2 Å². The summed E-state index contributed by atoms with van der Waals surface area (Å²) in [4.78, 5) is 12.2. The Hall–Kier alpha value is -2.54. The minimum atomic E-state index is -0.363. The van der Waals surface area contributed by atoms with E-state index in [1.54, 1.807) is 4.68 Å². The molecule has 0 aliphatic heterocycles. The lowest BCUT2D eigenvalue weighted by Crippen LogP contribution is -2.05. The molecule has 0 saturated carbocycles. The van der Waals surface area contributed by atoms with Gasteiger partial charge < -0.3 is 0 Å². The predicted molar refractivity (Wildman–Crippen MR) is 90.1 cm³/mol. The number of aromatic nitrogens is 4. The smallest absolute Gasteiger partial charge is 0.214 e.